The Morgan fingerprint density at radius 2 is 2.04 bits per heavy atom. The van der Waals surface area contributed by atoms with E-state index in [9.17, 15) is 14.9 Å². The largest absolute Gasteiger partial charge is 0.454 e. The van der Waals surface area contributed by atoms with Crippen molar-refractivity contribution in [1.82, 2.24) is 5.43 Å². The molecule has 0 aliphatic carbocycles. The van der Waals surface area contributed by atoms with Crippen molar-refractivity contribution in [2.75, 3.05) is 6.79 Å². The molecule has 1 N–H and O–H groups in total. The van der Waals surface area contributed by atoms with E-state index >= 15 is 0 Å². The first-order valence-corrected chi connectivity index (χ1v) is 7.03. The Bertz CT molecular complexity index is 848. The lowest BCUT2D eigenvalue weighted by Gasteiger charge is -2.02. The van der Waals surface area contributed by atoms with Crippen LogP contribution in [-0.2, 0) is 0 Å². The van der Waals surface area contributed by atoms with Gasteiger partial charge in [-0.2, -0.15) is 5.10 Å². The molecule has 0 saturated heterocycles. The van der Waals surface area contributed by atoms with Crippen LogP contribution in [0, 0.1) is 17.0 Å². The number of hydrazone groups is 1. The molecule has 2 aromatic rings. The monoisotopic (exact) mass is 327 g/mol. The van der Waals surface area contributed by atoms with Crippen molar-refractivity contribution in [2.24, 2.45) is 5.10 Å². The zero-order valence-electron chi connectivity index (χ0n) is 12.7. The van der Waals surface area contributed by atoms with Gasteiger partial charge in [0.2, 0.25) is 6.79 Å². The highest BCUT2D eigenvalue weighted by molar-refractivity contribution is 5.95. The summed E-state index contributed by atoms with van der Waals surface area (Å²) in [6, 6.07) is 9.72. The first-order chi connectivity index (χ1) is 11.5. The highest BCUT2D eigenvalue weighted by Crippen LogP contribution is 2.37. The predicted octanol–water partition coefficient (Wildman–Crippen LogP) is 2.40. The van der Waals surface area contributed by atoms with Gasteiger partial charge in [-0.05, 0) is 25.1 Å². The number of nitrogens with zero attached hydrogens (tertiary/aromatic N) is 2. The van der Waals surface area contributed by atoms with Crippen LogP contribution in [0.1, 0.15) is 21.5 Å². The Kier molecular flexibility index (Phi) is 4.11. The molecule has 1 heterocycles. The predicted molar refractivity (Wildman–Crippen MR) is 85.5 cm³/mol. The number of ether oxygens (including phenoxy) is 2. The van der Waals surface area contributed by atoms with E-state index in [-0.39, 0.29) is 18.0 Å². The Hall–Kier alpha value is -3.42. The first kappa shape index (κ1) is 15.5. The highest BCUT2D eigenvalue weighted by Gasteiger charge is 2.22. The molecule has 8 nitrogen and oxygen atoms in total. The maximum atomic E-state index is 12.0. The average molecular weight is 327 g/mol. The van der Waals surface area contributed by atoms with E-state index < -0.39 is 10.8 Å². The minimum atomic E-state index is -0.550. The second-order valence-corrected chi connectivity index (χ2v) is 5.09. The number of nitrogens with one attached hydrogen (secondary N) is 1. The van der Waals surface area contributed by atoms with Crippen LogP contribution in [0.25, 0.3) is 0 Å². The molecule has 3 rings (SSSR count). The number of benzene rings is 2. The molecular weight excluding hydrogens is 314 g/mol. The van der Waals surface area contributed by atoms with Gasteiger partial charge in [0.05, 0.1) is 22.8 Å². The molecule has 0 bridgehead atoms. The zero-order valence-corrected chi connectivity index (χ0v) is 12.7. The molecule has 2 aromatic carbocycles. The van der Waals surface area contributed by atoms with Gasteiger partial charge in [0.1, 0.15) is 0 Å². The van der Waals surface area contributed by atoms with E-state index in [0.717, 1.165) is 5.56 Å². The molecule has 24 heavy (non-hydrogen) atoms. The van der Waals surface area contributed by atoms with Crippen molar-refractivity contribution in [3.05, 3.63) is 63.2 Å². The third-order valence-electron chi connectivity index (χ3n) is 3.37. The van der Waals surface area contributed by atoms with Crippen molar-refractivity contribution in [3.8, 4) is 11.5 Å². The number of fused-ring (bicyclic) bond motifs is 1. The van der Waals surface area contributed by atoms with Crippen LogP contribution in [0.15, 0.2) is 41.5 Å². The number of carbonyl (C=O) groups excluding carboxylic acids is 1. The third kappa shape index (κ3) is 3.17. The molecule has 0 radical (unpaired) electrons. The maximum Gasteiger partial charge on any atom is 0.282 e. The fourth-order valence-corrected chi connectivity index (χ4v) is 2.22. The summed E-state index contributed by atoms with van der Waals surface area (Å²) in [6.45, 7) is 1.88. The van der Waals surface area contributed by atoms with Crippen LogP contribution < -0.4 is 14.9 Å². The molecule has 122 valence electrons. The summed E-state index contributed by atoms with van der Waals surface area (Å²) in [5.41, 5.74) is 3.75. The number of rotatable bonds is 4. The number of nitro groups is 1. The summed E-state index contributed by atoms with van der Waals surface area (Å²) in [7, 11) is 0. The van der Waals surface area contributed by atoms with Crippen LogP contribution in [0.3, 0.4) is 0 Å². The fraction of sp³-hybridized carbons (Fsp3) is 0.125. The Morgan fingerprint density at radius 1 is 1.29 bits per heavy atom. The normalized spacial score (nSPS) is 12.4. The molecule has 0 unspecified atom stereocenters. The van der Waals surface area contributed by atoms with Crippen LogP contribution >= 0.6 is 0 Å². The van der Waals surface area contributed by atoms with Crippen molar-refractivity contribution in [2.45, 2.75) is 6.92 Å². The van der Waals surface area contributed by atoms with Gasteiger partial charge in [0, 0.05) is 5.56 Å². The molecule has 0 fully saturated rings. The SMILES string of the molecule is Cc1cccc(C(=O)N/N=C/c2cc3c(cc2[N+](=O)[O-])OCO3)c1. The standard InChI is InChI=1S/C16H13N3O5/c1-10-3-2-4-11(5-10)16(20)18-17-8-12-6-14-15(24-9-23-14)7-13(12)19(21)22/h2-8H,9H2,1H3,(H,18,20)/b17-8+. The van der Waals surface area contributed by atoms with Crippen LogP contribution in [0.2, 0.25) is 0 Å². The van der Waals surface area contributed by atoms with Gasteiger partial charge in [-0.25, -0.2) is 5.43 Å². The molecule has 1 aliphatic heterocycles. The van der Waals surface area contributed by atoms with Crippen LogP contribution in [0.5, 0.6) is 11.5 Å². The minimum Gasteiger partial charge on any atom is -0.454 e. The molecule has 8 heteroatoms. The number of hydrogen-bond acceptors (Lipinski definition) is 6. The molecule has 0 atom stereocenters. The Labute approximate surface area is 136 Å². The first-order valence-electron chi connectivity index (χ1n) is 7.03. The van der Waals surface area contributed by atoms with Gasteiger partial charge in [0.15, 0.2) is 11.5 Å². The number of aryl methyl sites for hydroxylation is 1. The fourth-order valence-electron chi connectivity index (χ4n) is 2.22. The summed E-state index contributed by atoms with van der Waals surface area (Å²) < 4.78 is 10.3. The molecule has 0 spiro atoms. The van der Waals surface area contributed by atoms with E-state index in [1.807, 2.05) is 13.0 Å². The van der Waals surface area contributed by atoms with Gasteiger partial charge in [-0.1, -0.05) is 17.7 Å². The topological polar surface area (TPSA) is 103 Å². The van der Waals surface area contributed by atoms with E-state index in [4.69, 9.17) is 9.47 Å². The number of nitro benzene ring substituents is 1. The van der Waals surface area contributed by atoms with Gasteiger partial charge >= 0.3 is 0 Å². The summed E-state index contributed by atoms with van der Waals surface area (Å²) in [5, 5.41) is 14.9. The molecule has 0 aromatic heterocycles. The number of carbonyl (C=O) groups is 1. The lowest BCUT2D eigenvalue weighted by molar-refractivity contribution is -0.385. The van der Waals surface area contributed by atoms with E-state index in [0.29, 0.717) is 17.1 Å². The lowest BCUT2D eigenvalue weighted by atomic mass is 10.1. The Balaban J connectivity index is 1.79. The van der Waals surface area contributed by atoms with Gasteiger partial charge in [-0.3, -0.25) is 14.9 Å². The lowest BCUT2D eigenvalue weighted by Crippen LogP contribution is -2.17. The van der Waals surface area contributed by atoms with Crippen molar-refractivity contribution in [1.29, 1.82) is 0 Å². The van der Waals surface area contributed by atoms with Crippen LogP contribution in [0.4, 0.5) is 5.69 Å². The van der Waals surface area contributed by atoms with Crippen LogP contribution in [-0.4, -0.2) is 23.8 Å². The van der Waals surface area contributed by atoms with Crippen molar-refractivity contribution >= 4 is 17.8 Å². The second kappa shape index (κ2) is 6.37. The average Bonchev–Trinajstić information content (AvgIpc) is 3.01. The van der Waals surface area contributed by atoms with Gasteiger partial charge < -0.3 is 9.47 Å². The minimum absolute atomic E-state index is 0.0111. The van der Waals surface area contributed by atoms with Gasteiger partial charge in [-0.15, -0.1) is 0 Å². The van der Waals surface area contributed by atoms with Crippen molar-refractivity contribution < 1.29 is 19.2 Å². The molecule has 1 amide bonds. The smallest absolute Gasteiger partial charge is 0.282 e. The molecule has 0 saturated carbocycles. The second-order valence-electron chi connectivity index (χ2n) is 5.09. The van der Waals surface area contributed by atoms with Crippen molar-refractivity contribution in [3.63, 3.8) is 0 Å². The summed E-state index contributed by atoms with van der Waals surface area (Å²) in [4.78, 5) is 22.6. The zero-order chi connectivity index (χ0) is 17.1. The molecular formula is C16H13N3O5. The number of amides is 1. The third-order valence-corrected chi connectivity index (χ3v) is 3.37. The Morgan fingerprint density at radius 3 is 2.75 bits per heavy atom. The van der Waals surface area contributed by atoms with Gasteiger partial charge in [0.25, 0.3) is 11.6 Å². The van der Waals surface area contributed by atoms with E-state index in [1.54, 1.807) is 18.2 Å². The van der Waals surface area contributed by atoms with E-state index in [2.05, 4.69) is 10.5 Å². The highest BCUT2D eigenvalue weighted by atomic mass is 16.7. The quantitative estimate of drug-likeness (QED) is 0.527. The van der Waals surface area contributed by atoms with E-state index in [1.165, 1.54) is 18.3 Å². The molecule has 1 aliphatic rings. The maximum absolute atomic E-state index is 12.0. The summed E-state index contributed by atoms with van der Waals surface area (Å²) >= 11 is 0. The summed E-state index contributed by atoms with van der Waals surface area (Å²) in [6.07, 6.45) is 1.20. The summed E-state index contributed by atoms with van der Waals surface area (Å²) in [5.74, 6) is 0.299. The number of hydrogen-bond donors (Lipinski definition) is 1.